The minimum atomic E-state index is -3.88. The van der Waals surface area contributed by atoms with Crippen LogP contribution in [0, 0.1) is 11.3 Å². The second kappa shape index (κ2) is 5.59. The molecule has 0 atom stereocenters. The largest absolute Gasteiger partial charge is 0.351 e. The van der Waals surface area contributed by atoms with Crippen LogP contribution in [0.1, 0.15) is 37.0 Å². The van der Waals surface area contributed by atoms with Crippen molar-refractivity contribution >= 4 is 27.5 Å². The maximum absolute atomic E-state index is 12.1. The highest BCUT2D eigenvalue weighted by atomic mass is 35.5. The highest BCUT2D eigenvalue weighted by Gasteiger charge is 2.45. The maximum Gasteiger partial charge on any atom is 0.251 e. The van der Waals surface area contributed by atoms with Gasteiger partial charge in [0.2, 0.25) is 10.0 Å². The van der Waals surface area contributed by atoms with Crippen molar-refractivity contribution in [3.8, 4) is 0 Å². The third-order valence-electron chi connectivity index (χ3n) is 4.22. The quantitative estimate of drug-likeness (QED) is 0.866. The number of rotatable bonds is 5. The van der Waals surface area contributed by atoms with Crippen LogP contribution in [0.15, 0.2) is 23.1 Å². The number of nitrogens with two attached hydrogens (primary N) is 1. The van der Waals surface area contributed by atoms with E-state index in [2.05, 4.69) is 19.2 Å². The van der Waals surface area contributed by atoms with E-state index >= 15 is 0 Å². The molecule has 0 aliphatic heterocycles. The van der Waals surface area contributed by atoms with Gasteiger partial charge in [-0.25, -0.2) is 13.6 Å². The fraction of sp³-hybridized carbons (Fsp3) is 0.500. The molecule has 21 heavy (non-hydrogen) atoms. The Labute approximate surface area is 129 Å². The van der Waals surface area contributed by atoms with Crippen LogP contribution < -0.4 is 10.5 Å². The lowest BCUT2D eigenvalue weighted by Crippen LogP contribution is -2.32. The molecule has 0 radical (unpaired) electrons. The zero-order chi connectivity index (χ0) is 15.8. The Balaban J connectivity index is 2.09. The van der Waals surface area contributed by atoms with Gasteiger partial charge in [0.25, 0.3) is 5.91 Å². The van der Waals surface area contributed by atoms with Gasteiger partial charge >= 0.3 is 0 Å². The molecule has 1 aromatic carbocycles. The van der Waals surface area contributed by atoms with Gasteiger partial charge < -0.3 is 5.32 Å². The van der Waals surface area contributed by atoms with Crippen LogP contribution >= 0.6 is 11.6 Å². The topological polar surface area (TPSA) is 89.3 Å². The number of nitrogens with one attached hydrogen (secondary N) is 1. The first-order chi connectivity index (χ1) is 9.66. The average molecular weight is 331 g/mol. The molecule has 0 unspecified atom stereocenters. The van der Waals surface area contributed by atoms with Crippen molar-refractivity contribution in [1.82, 2.24) is 5.32 Å². The summed E-state index contributed by atoms with van der Waals surface area (Å²) < 4.78 is 22.5. The number of hydrogen-bond donors (Lipinski definition) is 2. The first-order valence-corrected chi connectivity index (χ1v) is 8.69. The van der Waals surface area contributed by atoms with Crippen molar-refractivity contribution in [2.24, 2.45) is 16.5 Å². The lowest BCUT2D eigenvalue weighted by atomic mass is 9.92. The molecule has 3 N–H and O–H groups in total. The van der Waals surface area contributed by atoms with Gasteiger partial charge in [-0.1, -0.05) is 25.4 Å². The van der Waals surface area contributed by atoms with Gasteiger partial charge in [0.05, 0.1) is 5.02 Å². The molecule has 1 amide bonds. The van der Waals surface area contributed by atoms with Gasteiger partial charge in [0.15, 0.2) is 0 Å². The summed E-state index contributed by atoms with van der Waals surface area (Å²) in [7, 11) is -3.88. The minimum absolute atomic E-state index is 0.0462. The van der Waals surface area contributed by atoms with Crippen molar-refractivity contribution in [2.45, 2.75) is 31.6 Å². The van der Waals surface area contributed by atoms with E-state index < -0.39 is 10.0 Å². The van der Waals surface area contributed by atoms with Gasteiger partial charge in [0, 0.05) is 12.1 Å². The standard InChI is InChI=1S/C14H19ClN2O3S/c1-9(2)14(5-6-14)8-17-13(18)10-3-4-12(11(15)7-10)21(16,19)20/h3-4,7,9H,5-6,8H2,1-2H3,(H,17,18)(H2,16,19,20). The summed E-state index contributed by atoms with van der Waals surface area (Å²) in [6.07, 6.45) is 2.24. The highest BCUT2D eigenvalue weighted by Crippen LogP contribution is 2.51. The van der Waals surface area contributed by atoms with Crippen molar-refractivity contribution in [3.63, 3.8) is 0 Å². The Morgan fingerprint density at radius 3 is 2.48 bits per heavy atom. The monoisotopic (exact) mass is 330 g/mol. The van der Waals surface area contributed by atoms with E-state index in [9.17, 15) is 13.2 Å². The van der Waals surface area contributed by atoms with Gasteiger partial charge in [-0.2, -0.15) is 0 Å². The Morgan fingerprint density at radius 1 is 1.43 bits per heavy atom. The highest BCUT2D eigenvalue weighted by molar-refractivity contribution is 7.89. The van der Waals surface area contributed by atoms with Crippen LogP contribution in [0.4, 0.5) is 0 Å². The number of hydrogen-bond acceptors (Lipinski definition) is 3. The predicted octanol–water partition coefficient (Wildman–Crippen LogP) is 2.15. The molecule has 1 saturated carbocycles. The number of halogens is 1. The molecule has 1 aliphatic rings. The molecule has 7 heteroatoms. The lowest BCUT2D eigenvalue weighted by molar-refractivity contribution is 0.0939. The van der Waals surface area contributed by atoms with Crippen LogP contribution in [0.2, 0.25) is 5.02 Å². The molecule has 0 heterocycles. The predicted molar refractivity (Wildman–Crippen MR) is 81.7 cm³/mol. The zero-order valence-electron chi connectivity index (χ0n) is 12.0. The minimum Gasteiger partial charge on any atom is -0.351 e. The molecule has 1 fully saturated rings. The number of carbonyl (C=O) groups is 1. The van der Waals surface area contributed by atoms with E-state index in [0.717, 1.165) is 12.8 Å². The number of sulfonamides is 1. The summed E-state index contributed by atoms with van der Waals surface area (Å²) in [4.78, 5) is 11.9. The van der Waals surface area contributed by atoms with Crippen molar-refractivity contribution in [3.05, 3.63) is 28.8 Å². The Bertz CT molecular complexity index is 667. The summed E-state index contributed by atoms with van der Waals surface area (Å²) in [6.45, 7) is 4.92. The van der Waals surface area contributed by atoms with Crippen molar-refractivity contribution < 1.29 is 13.2 Å². The molecular formula is C14H19ClN2O3S. The van der Waals surface area contributed by atoms with E-state index in [-0.39, 0.29) is 21.2 Å². The van der Waals surface area contributed by atoms with E-state index in [0.29, 0.717) is 18.0 Å². The van der Waals surface area contributed by atoms with Crippen LogP contribution in [-0.4, -0.2) is 20.9 Å². The summed E-state index contributed by atoms with van der Waals surface area (Å²) in [5, 5.41) is 7.87. The molecule has 0 spiro atoms. The zero-order valence-corrected chi connectivity index (χ0v) is 13.6. The molecule has 5 nitrogen and oxygen atoms in total. The van der Waals surface area contributed by atoms with Crippen LogP contribution in [0.3, 0.4) is 0 Å². The fourth-order valence-electron chi connectivity index (χ4n) is 2.35. The Kier molecular flexibility index (Phi) is 4.33. The normalized spacial score (nSPS) is 16.8. The molecule has 116 valence electrons. The van der Waals surface area contributed by atoms with Crippen molar-refractivity contribution in [1.29, 1.82) is 0 Å². The number of amides is 1. The maximum atomic E-state index is 12.1. The summed E-state index contributed by atoms with van der Waals surface area (Å²) in [6, 6.07) is 3.99. The SMILES string of the molecule is CC(C)C1(CNC(=O)c2ccc(S(N)(=O)=O)c(Cl)c2)CC1. The second-order valence-electron chi connectivity index (χ2n) is 5.89. The molecule has 2 rings (SSSR count). The first-order valence-electron chi connectivity index (χ1n) is 6.76. The van der Waals surface area contributed by atoms with Crippen LogP contribution in [0.25, 0.3) is 0 Å². The number of primary sulfonamides is 1. The molecule has 0 aromatic heterocycles. The second-order valence-corrected chi connectivity index (χ2v) is 7.83. The van der Waals surface area contributed by atoms with E-state index in [4.69, 9.17) is 16.7 Å². The molecular weight excluding hydrogens is 312 g/mol. The Morgan fingerprint density at radius 2 is 2.05 bits per heavy atom. The smallest absolute Gasteiger partial charge is 0.251 e. The average Bonchev–Trinajstić information content (AvgIpc) is 3.15. The van der Waals surface area contributed by atoms with Crippen LogP contribution in [0.5, 0.6) is 0 Å². The van der Waals surface area contributed by atoms with Crippen LogP contribution in [-0.2, 0) is 10.0 Å². The van der Waals surface area contributed by atoms with Gasteiger partial charge in [-0.05, 0) is 42.4 Å². The molecule has 1 aliphatic carbocycles. The lowest BCUT2D eigenvalue weighted by Gasteiger charge is -2.20. The van der Waals surface area contributed by atoms with Gasteiger partial charge in [-0.15, -0.1) is 0 Å². The summed E-state index contributed by atoms with van der Waals surface area (Å²) >= 11 is 5.87. The van der Waals surface area contributed by atoms with Gasteiger partial charge in [-0.3, -0.25) is 4.79 Å². The van der Waals surface area contributed by atoms with E-state index in [1.54, 1.807) is 0 Å². The Hall–Kier alpha value is -1.11. The molecule has 0 saturated heterocycles. The summed E-state index contributed by atoms with van der Waals surface area (Å²) in [5.74, 6) is 0.260. The first kappa shape index (κ1) is 16.3. The number of carbonyl (C=O) groups excluding carboxylic acids is 1. The van der Waals surface area contributed by atoms with E-state index in [1.165, 1.54) is 18.2 Å². The third kappa shape index (κ3) is 3.56. The summed E-state index contributed by atoms with van der Waals surface area (Å²) in [5.41, 5.74) is 0.534. The van der Waals surface area contributed by atoms with Crippen molar-refractivity contribution in [2.75, 3.05) is 6.54 Å². The van der Waals surface area contributed by atoms with E-state index in [1.807, 2.05) is 0 Å². The molecule has 1 aromatic rings. The number of benzene rings is 1. The van der Waals surface area contributed by atoms with Gasteiger partial charge in [0.1, 0.15) is 4.90 Å². The molecule has 0 bridgehead atoms. The third-order valence-corrected chi connectivity index (χ3v) is 5.61. The fourth-order valence-corrected chi connectivity index (χ4v) is 3.44.